The van der Waals surface area contributed by atoms with Crippen LogP contribution in [-0.4, -0.2) is 5.88 Å². The van der Waals surface area contributed by atoms with Crippen LogP contribution in [0.15, 0.2) is 194 Å². The zero-order valence-corrected chi connectivity index (χ0v) is 33.0. The summed E-state index contributed by atoms with van der Waals surface area (Å²) in [4.78, 5) is 0. The normalized spacial score (nSPS) is 11.8. The quantitative estimate of drug-likeness (QED) is 0.0850. The molecule has 0 fully saturated rings. The molecule has 1 radical (unpaired) electrons. The van der Waals surface area contributed by atoms with Gasteiger partial charge in [0.2, 0.25) is 0 Å². The summed E-state index contributed by atoms with van der Waals surface area (Å²) in [5.74, 6) is 0.472. The topological polar surface area (TPSA) is 0 Å². The first-order valence-corrected chi connectivity index (χ1v) is 20.4. The zero-order valence-electron chi connectivity index (χ0n) is 27.2. The number of benzene rings is 6. The third-order valence-electron chi connectivity index (χ3n) is 6.28. The van der Waals surface area contributed by atoms with Crippen LogP contribution in [0.3, 0.4) is 0 Å². The van der Waals surface area contributed by atoms with Gasteiger partial charge in [-0.1, -0.05) is 194 Å². The number of rotatable bonds is 7. The summed E-state index contributed by atoms with van der Waals surface area (Å²) < 4.78 is 59.2. The molecule has 6 aromatic carbocycles. The molecule has 0 aliphatic rings. The molecular weight excluding hydrogens is 918 g/mol. The SMILES string of the molecule is F[P-](F)(F)(F)(F)F.[CH2]C(=C)CCl.[Pt].c1ccc(P(c2ccccc2)c2ccccc2)cc1.c1ccc(P(c2ccccc2)c2ccccc2)cc1. The molecule has 0 aliphatic heterocycles. The maximum absolute atomic E-state index is 10.7. The molecule has 6 rings (SSSR count). The second-order valence-corrected chi connectivity index (χ2v) is 17.1. The Morgan fingerprint density at radius 2 is 0.529 bits per heavy atom. The Balaban J connectivity index is 0.000000266. The molecule has 0 aliphatic carbocycles. The zero-order chi connectivity index (χ0) is 36.5. The Morgan fingerprint density at radius 3 is 0.627 bits per heavy atom. The molecule has 0 atom stereocenters. The first-order chi connectivity index (χ1) is 23.6. The minimum Gasteiger partial charge on any atom is -0.122 e. The van der Waals surface area contributed by atoms with Crippen molar-refractivity contribution in [1.82, 2.24) is 0 Å². The van der Waals surface area contributed by atoms with E-state index < -0.39 is 23.7 Å². The first kappa shape index (κ1) is 44.1. The van der Waals surface area contributed by atoms with Crippen molar-refractivity contribution < 1.29 is 46.2 Å². The minimum absolute atomic E-state index is 0. The van der Waals surface area contributed by atoms with Gasteiger partial charge in [-0.05, 0) is 54.6 Å². The van der Waals surface area contributed by atoms with Gasteiger partial charge in [0.25, 0.3) is 0 Å². The smallest absolute Gasteiger partial charge is 0.0431 e. The van der Waals surface area contributed by atoms with Crippen molar-refractivity contribution in [3.63, 3.8) is 0 Å². The van der Waals surface area contributed by atoms with Crippen LogP contribution < -0.4 is 31.8 Å². The van der Waals surface area contributed by atoms with E-state index in [-0.39, 0.29) is 21.1 Å². The van der Waals surface area contributed by atoms with E-state index in [0.717, 1.165) is 5.57 Å². The first-order valence-electron chi connectivity index (χ1n) is 15.1. The average molecular weight is 954 g/mol. The Morgan fingerprint density at radius 1 is 0.412 bits per heavy atom. The minimum atomic E-state index is -10.7. The summed E-state index contributed by atoms with van der Waals surface area (Å²) in [5.41, 5.74) is 0.770. The van der Waals surface area contributed by atoms with Gasteiger partial charge in [-0.15, -0.1) is 11.6 Å². The number of allylic oxidation sites excluding steroid dienone is 1. The third kappa shape index (κ3) is 18.8. The van der Waals surface area contributed by atoms with Crippen LogP contribution in [0.25, 0.3) is 0 Å². The van der Waals surface area contributed by atoms with Gasteiger partial charge in [0.15, 0.2) is 0 Å². The largest absolute Gasteiger partial charge is 0.122 e. The molecule has 51 heavy (non-hydrogen) atoms. The van der Waals surface area contributed by atoms with E-state index in [9.17, 15) is 25.2 Å². The van der Waals surface area contributed by atoms with Crippen LogP contribution in [0.5, 0.6) is 0 Å². The molecule has 0 amide bonds. The van der Waals surface area contributed by atoms with Crippen molar-refractivity contribution in [3.8, 4) is 0 Å². The van der Waals surface area contributed by atoms with E-state index in [1.165, 1.54) is 31.8 Å². The molecule has 0 N–H and O–H groups in total. The van der Waals surface area contributed by atoms with Crippen LogP contribution in [0.4, 0.5) is 25.2 Å². The van der Waals surface area contributed by atoms with Crippen molar-refractivity contribution in [2.45, 2.75) is 0 Å². The summed E-state index contributed by atoms with van der Waals surface area (Å²) in [6.45, 7) is 6.86. The molecule has 0 nitrogen and oxygen atoms in total. The van der Waals surface area contributed by atoms with E-state index in [2.05, 4.69) is 195 Å². The molecule has 0 heterocycles. The molecule has 6 aromatic rings. The Labute approximate surface area is 318 Å². The van der Waals surface area contributed by atoms with Gasteiger partial charge in [0, 0.05) is 26.9 Å². The summed E-state index contributed by atoms with van der Waals surface area (Å²) in [6, 6.07) is 64.7. The van der Waals surface area contributed by atoms with Crippen LogP contribution in [0, 0.1) is 6.92 Å². The predicted molar refractivity (Wildman–Crippen MR) is 209 cm³/mol. The second-order valence-electron chi connectivity index (χ2n) is 10.5. The molecule has 0 saturated heterocycles. The average Bonchev–Trinajstić information content (AvgIpc) is 3.11. The van der Waals surface area contributed by atoms with Gasteiger partial charge in [-0.3, -0.25) is 0 Å². The van der Waals surface area contributed by atoms with Crippen LogP contribution in [0.1, 0.15) is 0 Å². The van der Waals surface area contributed by atoms with Crippen molar-refractivity contribution in [2.75, 3.05) is 5.88 Å². The summed E-state index contributed by atoms with van der Waals surface area (Å²) in [6.07, 6.45) is 0. The van der Waals surface area contributed by atoms with Gasteiger partial charge in [-0.25, -0.2) is 0 Å². The van der Waals surface area contributed by atoms with Crippen LogP contribution >= 0.6 is 35.3 Å². The summed E-state index contributed by atoms with van der Waals surface area (Å²) in [7, 11) is -11.5. The molecule has 0 bridgehead atoms. The third-order valence-corrected chi connectivity index (χ3v) is 11.5. The molecule has 0 aromatic heterocycles. The van der Waals surface area contributed by atoms with Gasteiger partial charge >= 0.3 is 33.0 Å². The maximum Gasteiger partial charge on any atom is 0.0431 e. The van der Waals surface area contributed by atoms with Gasteiger partial charge in [0.05, 0.1) is 0 Å². The maximum atomic E-state index is 9.87. The Bertz CT molecular complexity index is 1520. The molecule has 0 spiro atoms. The van der Waals surface area contributed by atoms with E-state index in [4.69, 9.17) is 11.6 Å². The fourth-order valence-corrected chi connectivity index (χ4v) is 8.97. The van der Waals surface area contributed by atoms with Crippen molar-refractivity contribution in [1.29, 1.82) is 0 Å². The number of halogens is 7. The van der Waals surface area contributed by atoms with E-state index in [1.807, 2.05) is 0 Å². The molecule has 0 unspecified atom stereocenters. The van der Waals surface area contributed by atoms with Crippen molar-refractivity contribution in [3.05, 3.63) is 201 Å². The van der Waals surface area contributed by atoms with Gasteiger partial charge in [0.1, 0.15) is 0 Å². The predicted octanol–water partition coefficient (Wildman–Crippen LogP) is 11.9. The fourth-order valence-electron chi connectivity index (χ4n) is 4.36. The Kier molecular flexibility index (Phi) is 17.5. The van der Waals surface area contributed by atoms with Crippen molar-refractivity contribution >= 4 is 67.1 Å². The summed E-state index contributed by atoms with van der Waals surface area (Å²) >= 11 is 5.17. The fraction of sp³-hybridized carbons (Fsp3) is 0.0250. The summed E-state index contributed by atoms with van der Waals surface area (Å²) in [5, 5.41) is 8.39. The molecule has 11 heteroatoms. The molecule has 271 valence electrons. The van der Waals surface area contributed by atoms with E-state index in [0.29, 0.717) is 5.88 Å². The number of hydrogen-bond acceptors (Lipinski definition) is 0. The van der Waals surface area contributed by atoms with Crippen LogP contribution in [-0.2, 0) is 21.1 Å². The van der Waals surface area contributed by atoms with Crippen LogP contribution in [0.2, 0.25) is 0 Å². The van der Waals surface area contributed by atoms with E-state index in [1.54, 1.807) is 0 Å². The second kappa shape index (κ2) is 20.2. The standard InChI is InChI=1S/2C18H15P.C4H6Cl.F6P.Pt/c2*1-4-10-16(11-5-1)19(17-12-6-2-7-13-17)18-14-8-3-9-15-18;1-4(2)3-5;1-7(2,3,4,5)6;/h2*1-15H;1-3H2;;/q;;;-1;. The van der Waals surface area contributed by atoms with Gasteiger partial charge < -0.3 is 0 Å². The Hall–Kier alpha value is -3.09. The van der Waals surface area contributed by atoms with E-state index >= 15 is 0 Å². The molecule has 0 saturated carbocycles. The molecular formula is C40H36ClF6P3Pt-. The number of hydrogen-bond donors (Lipinski definition) is 0. The monoisotopic (exact) mass is 953 g/mol. The number of alkyl halides is 1. The van der Waals surface area contributed by atoms with Gasteiger partial charge in [-0.2, -0.15) is 0 Å². The van der Waals surface area contributed by atoms with Crippen molar-refractivity contribution in [2.24, 2.45) is 0 Å².